The van der Waals surface area contributed by atoms with Crippen LogP contribution in [0.25, 0.3) is 10.8 Å². The molecular formula is C22H24N4O3. The van der Waals surface area contributed by atoms with E-state index in [1.54, 1.807) is 4.68 Å². The molecule has 150 valence electrons. The van der Waals surface area contributed by atoms with Gasteiger partial charge in [0.05, 0.1) is 18.3 Å². The Morgan fingerprint density at radius 3 is 2.79 bits per heavy atom. The van der Waals surface area contributed by atoms with E-state index in [1.165, 1.54) is 6.33 Å². The molecule has 4 rings (SSSR count). The fourth-order valence-electron chi connectivity index (χ4n) is 3.74. The van der Waals surface area contributed by atoms with Crippen LogP contribution in [0.2, 0.25) is 0 Å². The van der Waals surface area contributed by atoms with E-state index in [-0.39, 0.29) is 12.1 Å². The number of allylic oxidation sites excluding steroid dienone is 1. The summed E-state index contributed by atoms with van der Waals surface area (Å²) < 4.78 is 13.3. The van der Waals surface area contributed by atoms with Gasteiger partial charge in [-0.2, -0.15) is 10.1 Å². The van der Waals surface area contributed by atoms with Gasteiger partial charge in [0.25, 0.3) is 0 Å². The van der Waals surface area contributed by atoms with Crippen molar-refractivity contribution in [3.63, 3.8) is 0 Å². The Hall–Kier alpha value is -3.35. The van der Waals surface area contributed by atoms with Crippen LogP contribution in [0.1, 0.15) is 39.3 Å². The normalized spacial score (nSPS) is 16.0. The zero-order valence-corrected chi connectivity index (χ0v) is 17.0. The number of aromatic nitrogens is 3. The molecule has 0 radical (unpaired) electrons. The molecule has 1 atom stereocenters. The lowest BCUT2D eigenvalue weighted by Crippen LogP contribution is -2.31. The van der Waals surface area contributed by atoms with Crippen molar-refractivity contribution in [2.75, 3.05) is 11.9 Å². The number of hydrogen-bond acceptors (Lipinski definition) is 6. The summed E-state index contributed by atoms with van der Waals surface area (Å²) in [4.78, 5) is 17.4. The molecule has 1 unspecified atom stereocenters. The first kappa shape index (κ1) is 19.0. The number of benzene rings is 2. The summed E-state index contributed by atoms with van der Waals surface area (Å²) >= 11 is 0. The second kappa shape index (κ2) is 7.58. The average molecular weight is 392 g/mol. The second-order valence-corrected chi connectivity index (χ2v) is 7.18. The lowest BCUT2D eigenvalue weighted by molar-refractivity contribution is -0.143. The van der Waals surface area contributed by atoms with Crippen molar-refractivity contribution in [2.45, 2.75) is 39.8 Å². The molecule has 29 heavy (non-hydrogen) atoms. The number of nitrogens with one attached hydrogen (secondary N) is 1. The van der Waals surface area contributed by atoms with Crippen LogP contribution in [0.4, 0.5) is 5.95 Å². The van der Waals surface area contributed by atoms with Gasteiger partial charge in [-0.05, 0) is 44.5 Å². The van der Waals surface area contributed by atoms with Crippen LogP contribution in [0.15, 0.2) is 54.0 Å². The summed E-state index contributed by atoms with van der Waals surface area (Å²) in [6.45, 7) is 7.98. The van der Waals surface area contributed by atoms with Gasteiger partial charge in [0.1, 0.15) is 18.1 Å². The Morgan fingerprint density at radius 2 is 2.03 bits per heavy atom. The predicted octanol–water partition coefficient (Wildman–Crippen LogP) is 4.07. The molecule has 0 fully saturated rings. The zero-order valence-electron chi connectivity index (χ0n) is 17.0. The Balaban J connectivity index is 2.01. The van der Waals surface area contributed by atoms with Gasteiger partial charge in [0, 0.05) is 11.3 Å². The van der Waals surface area contributed by atoms with E-state index in [0.29, 0.717) is 29.6 Å². The van der Waals surface area contributed by atoms with Crippen molar-refractivity contribution >= 4 is 22.7 Å². The second-order valence-electron chi connectivity index (χ2n) is 7.18. The predicted molar refractivity (Wildman–Crippen MR) is 111 cm³/mol. The van der Waals surface area contributed by atoms with Crippen LogP contribution in [0, 0.1) is 0 Å². The van der Waals surface area contributed by atoms with Crippen molar-refractivity contribution in [3.05, 3.63) is 59.6 Å². The maximum atomic E-state index is 13.1. The summed E-state index contributed by atoms with van der Waals surface area (Å²) in [5, 5.41) is 9.64. The third-order valence-electron chi connectivity index (χ3n) is 4.86. The van der Waals surface area contributed by atoms with Crippen LogP contribution >= 0.6 is 0 Å². The van der Waals surface area contributed by atoms with Crippen molar-refractivity contribution < 1.29 is 14.3 Å². The van der Waals surface area contributed by atoms with Crippen molar-refractivity contribution in [3.8, 4) is 5.75 Å². The number of carbonyl (C=O) groups excluding carboxylic acids is 1. The first-order valence-electron chi connectivity index (χ1n) is 9.74. The van der Waals surface area contributed by atoms with Gasteiger partial charge in [-0.15, -0.1) is 0 Å². The highest BCUT2D eigenvalue weighted by Gasteiger charge is 2.37. The van der Waals surface area contributed by atoms with Gasteiger partial charge in [-0.1, -0.05) is 30.3 Å². The van der Waals surface area contributed by atoms with Gasteiger partial charge in [-0.25, -0.2) is 9.48 Å². The van der Waals surface area contributed by atoms with E-state index < -0.39 is 6.04 Å². The minimum absolute atomic E-state index is 0.237. The minimum Gasteiger partial charge on any atom is -0.493 e. The van der Waals surface area contributed by atoms with Gasteiger partial charge < -0.3 is 14.8 Å². The first-order chi connectivity index (χ1) is 14.0. The Morgan fingerprint density at radius 1 is 1.24 bits per heavy atom. The highest BCUT2D eigenvalue weighted by Crippen LogP contribution is 2.42. The quantitative estimate of drug-likeness (QED) is 0.660. The number of esters is 1. The molecule has 3 aromatic rings. The van der Waals surface area contributed by atoms with Crippen LogP contribution in [-0.2, 0) is 9.53 Å². The molecule has 7 nitrogen and oxygen atoms in total. The standard InChI is InChI=1S/C22H24N4O3/c1-5-28-17-11-10-15-8-6-7-9-16(15)19(17)20-18(21(27)29-13(2)3)14(4)25-22-23-12-24-26(20)22/h6-13,20H,5H2,1-4H3,(H,23,24,25). The highest BCUT2D eigenvalue weighted by molar-refractivity contribution is 5.96. The number of rotatable bonds is 5. The number of fused-ring (bicyclic) bond motifs is 2. The number of nitrogens with zero attached hydrogens (tertiary/aromatic N) is 3. The maximum absolute atomic E-state index is 13.1. The molecule has 0 spiro atoms. The maximum Gasteiger partial charge on any atom is 0.338 e. The van der Waals surface area contributed by atoms with E-state index in [4.69, 9.17) is 9.47 Å². The Kier molecular flexibility index (Phi) is 4.96. The summed E-state index contributed by atoms with van der Waals surface area (Å²) in [6.07, 6.45) is 1.24. The summed E-state index contributed by atoms with van der Waals surface area (Å²) in [7, 11) is 0. The molecular weight excluding hydrogens is 368 g/mol. The summed E-state index contributed by atoms with van der Waals surface area (Å²) in [5.41, 5.74) is 2.05. The van der Waals surface area contributed by atoms with Gasteiger partial charge >= 0.3 is 5.97 Å². The molecule has 0 saturated heterocycles. The van der Waals surface area contributed by atoms with Crippen LogP contribution < -0.4 is 10.1 Å². The molecule has 0 saturated carbocycles. The number of hydrogen-bond donors (Lipinski definition) is 1. The molecule has 2 heterocycles. The largest absolute Gasteiger partial charge is 0.493 e. The Labute approximate surface area is 169 Å². The summed E-state index contributed by atoms with van der Waals surface area (Å²) in [6, 6.07) is 11.5. The Bertz CT molecular complexity index is 1100. The highest BCUT2D eigenvalue weighted by atomic mass is 16.5. The number of carbonyl (C=O) groups is 1. The molecule has 0 amide bonds. The molecule has 2 aromatic carbocycles. The number of ether oxygens (including phenoxy) is 2. The van der Waals surface area contributed by atoms with E-state index in [1.807, 2.05) is 64.1 Å². The number of anilines is 1. The van der Waals surface area contributed by atoms with Crippen molar-refractivity contribution in [1.29, 1.82) is 0 Å². The molecule has 7 heteroatoms. The van der Waals surface area contributed by atoms with Crippen molar-refractivity contribution in [1.82, 2.24) is 14.8 Å². The van der Waals surface area contributed by atoms with E-state index in [0.717, 1.165) is 16.3 Å². The summed E-state index contributed by atoms with van der Waals surface area (Å²) in [5.74, 6) is 0.901. The molecule has 0 bridgehead atoms. The molecule has 1 aromatic heterocycles. The lowest BCUT2D eigenvalue weighted by atomic mass is 9.90. The monoisotopic (exact) mass is 392 g/mol. The third kappa shape index (κ3) is 3.33. The van der Waals surface area contributed by atoms with E-state index >= 15 is 0 Å². The smallest absolute Gasteiger partial charge is 0.338 e. The average Bonchev–Trinajstić information content (AvgIpc) is 3.14. The van der Waals surface area contributed by atoms with Crippen LogP contribution in [0.5, 0.6) is 5.75 Å². The van der Waals surface area contributed by atoms with Gasteiger partial charge in [-0.3, -0.25) is 0 Å². The molecule has 1 aliphatic rings. The minimum atomic E-state index is -0.521. The SMILES string of the molecule is CCOc1ccc2ccccc2c1C1C(C(=O)OC(C)C)=C(C)Nc2ncnn21. The van der Waals surface area contributed by atoms with Crippen LogP contribution in [0.3, 0.4) is 0 Å². The molecule has 1 aliphatic heterocycles. The fraction of sp³-hybridized carbons (Fsp3) is 0.318. The first-order valence-corrected chi connectivity index (χ1v) is 9.74. The molecule has 0 aliphatic carbocycles. The van der Waals surface area contributed by atoms with Crippen molar-refractivity contribution in [2.24, 2.45) is 0 Å². The van der Waals surface area contributed by atoms with E-state index in [2.05, 4.69) is 15.4 Å². The fourth-order valence-corrected chi connectivity index (χ4v) is 3.74. The van der Waals surface area contributed by atoms with Gasteiger partial charge in [0.15, 0.2) is 0 Å². The van der Waals surface area contributed by atoms with E-state index in [9.17, 15) is 4.79 Å². The zero-order chi connectivity index (χ0) is 20.5. The topological polar surface area (TPSA) is 78.3 Å². The third-order valence-corrected chi connectivity index (χ3v) is 4.86. The lowest BCUT2D eigenvalue weighted by Gasteiger charge is -2.30. The van der Waals surface area contributed by atoms with Crippen LogP contribution in [-0.4, -0.2) is 33.4 Å². The van der Waals surface area contributed by atoms with Gasteiger partial charge in [0.2, 0.25) is 5.95 Å². The molecule has 1 N–H and O–H groups in total.